The number of fused-ring (bicyclic) bond motifs is 1. The Kier molecular flexibility index (Phi) is 3.65. The van der Waals surface area contributed by atoms with Gasteiger partial charge < -0.3 is 11.1 Å². The molecule has 0 saturated heterocycles. The normalized spacial score (nSPS) is 10.9. The molecular weight excluding hydrogens is 343 g/mol. The number of benzene rings is 1. The second-order valence-corrected chi connectivity index (χ2v) is 5.49. The third kappa shape index (κ3) is 2.53. The zero-order valence-corrected chi connectivity index (χ0v) is 12.2. The number of hydrogen-bond acceptors (Lipinski definition) is 4. The summed E-state index contributed by atoms with van der Waals surface area (Å²) in [7, 11) is 0. The van der Waals surface area contributed by atoms with E-state index in [1.165, 1.54) is 0 Å². The number of hydrogen-bond donors (Lipinski definition) is 2. The lowest BCUT2D eigenvalue weighted by Crippen LogP contribution is -2.20. The molecule has 1 aromatic heterocycles. The Morgan fingerprint density at radius 1 is 1.39 bits per heavy atom. The van der Waals surface area contributed by atoms with Gasteiger partial charge in [0.05, 0.1) is 11.2 Å². The molecule has 0 atom stereocenters. The highest BCUT2D eigenvalue weighted by Crippen LogP contribution is 2.26. The maximum absolute atomic E-state index is 11.4. The first-order valence-electron chi connectivity index (χ1n) is 5.51. The second kappa shape index (κ2) is 5.05. The number of rotatable bonds is 3. The van der Waals surface area contributed by atoms with Crippen LogP contribution in [0.3, 0.4) is 0 Å². The zero-order chi connectivity index (χ0) is 13.3. The number of carbonyl (C=O) groups is 1. The predicted octanol–water partition coefficient (Wildman–Crippen LogP) is 2.15. The summed E-state index contributed by atoms with van der Waals surface area (Å²) < 4.78 is 1.07. The molecule has 0 unspecified atom stereocenters. The van der Waals surface area contributed by atoms with Crippen LogP contribution in [-0.2, 0) is 0 Å². The van der Waals surface area contributed by atoms with Gasteiger partial charge in [-0.3, -0.25) is 4.79 Å². The molecular formula is C12H13IN4O. The van der Waals surface area contributed by atoms with E-state index in [2.05, 4.69) is 38.1 Å². The van der Waals surface area contributed by atoms with Crippen LogP contribution in [0.1, 0.15) is 24.3 Å². The summed E-state index contributed by atoms with van der Waals surface area (Å²) in [5, 5.41) is 12.0. The second-order valence-electron chi connectivity index (χ2n) is 4.25. The molecule has 1 amide bonds. The Morgan fingerprint density at radius 2 is 2.11 bits per heavy atom. The summed E-state index contributed by atoms with van der Waals surface area (Å²) in [4.78, 5) is 11.4. The van der Waals surface area contributed by atoms with Crippen LogP contribution in [0.5, 0.6) is 0 Å². The number of carbonyl (C=O) groups excluding carboxylic acids is 1. The Bertz CT molecular complexity index is 612. The highest BCUT2D eigenvalue weighted by molar-refractivity contribution is 14.1. The molecule has 1 heterocycles. The van der Waals surface area contributed by atoms with E-state index in [4.69, 9.17) is 5.73 Å². The standard InChI is InChI=1S/C12H13IN4O/c1-6(2)15-10-8-4-3-7(13)5-9(8)16-17-11(10)12(14)18/h3-6H,1-2H3,(H2,14,18)(H,15,16). The van der Waals surface area contributed by atoms with E-state index in [1.54, 1.807) is 0 Å². The molecule has 0 aliphatic carbocycles. The molecule has 94 valence electrons. The van der Waals surface area contributed by atoms with Gasteiger partial charge in [0.15, 0.2) is 5.69 Å². The Balaban J connectivity index is 2.72. The van der Waals surface area contributed by atoms with E-state index in [0.717, 1.165) is 14.5 Å². The number of primary amides is 1. The molecule has 1 aromatic carbocycles. The van der Waals surface area contributed by atoms with Gasteiger partial charge in [0.1, 0.15) is 0 Å². The van der Waals surface area contributed by atoms with Crippen LogP contribution in [0.4, 0.5) is 5.69 Å². The number of aromatic nitrogens is 2. The van der Waals surface area contributed by atoms with Gasteiger partial charge in [-0.1, -0.05) is 0 Å². The molecule has 0 aliphatic rings. The number of nitrogens with zero attached hydrogens (tertiary/aromatic N) is 2. The maximum Gasteiger partial charge on any atom is 0.271 e. The number of nitrogens with one attached hydrogen (secondary N) is 1. The molecule has 0 spiro atoms. The monoisotopic (exact) mass is 356 g/mol. The van der Waals surface area contributed by atoms with Gasteiger partial charge in [0.2, 0.25) is 0 Å². The summed E-state index contributed by atoms with van der Waals surface area (Å²) in [6.45, 7) is 3.98. The van der Waals surface area contributed by atoms with Crippen LogP contribution in [-0.4, -0.2) is 22.1 Å². The summed E-state index contributed by atoms with van der Waals surface area (Å²) >= 11 is 2.21. The van der Waals surface area contributed by atoms with Crippen molar-refractivity contribution in [1.82, 2.24) is 10.2 Å². The van der Waals surface area contributed by atoms with E-state index in [-0.39, 0.29) is 11.7 Å². The lowest BCUT2D eigenvalue weighted by atomic mass is 10.1. The average Bonchev–Trinajstić information content (AvgIpc) is 2.27. The van der Waals surface area contributed by atoms with E-state index >= 15 is 0 Å². The third-order valence-electron chi connectivity index (χ3n) is 2.39. The van der Waals surface area contributed by atoms with E-state index < -0.39 is 5.91 Å². The first-order chi connectivity index (χ1) is 8.49. The molecule has 6 heteroatoms. The molecule has 2 rings (SSSR count). The van der Waals surface area contributed by atoms with Gasteiger partial charge in [-0.25, -0.2) is 0 Å². The highest BCUT2D eigenvalue weighted by atomic mass is 127. The molecule has 0 radical (unpaired) electrons. The predicted molar refractivity (Wildman–Crippen MR) is 79.5 cm³/mol. The highest BCUT2D eigenvalue weighted by Gasteiger charge is 2.15. The minimum Gasteiger partial charge on any atom is -0.380 e. The molecule has 3 N–H and O–H groups in total. The Hall–Kier alpha value is -1.44. The van der Waals surface area contributed by atoms with Gasteiger partial charge in [-0.05, 0) is 54.6 Å². The van der Waals surface area contributed by atoms with Crippen LogP contribution in [0.25, 0.3) is 10.9 Å². The fourth-order valence-electron chi connectivity index (χ4n) is 1.69. The van der Waals surface area contributed by atoms with Crippen LogP contribution in [0.15, 0.2) is 18.2 Å². The van der Waals surface area contributed by atoms with E-state index in [0.29, 0.717) is 5.69 Å². The number of anilines is 1. The third-order valence-corrected chi connectivity index (χ3v) is 3.06. The summed E-state index contributed by atoms with van der Waals surface area (Å²) in [5.41, 5.74) is 6.90. The van der Waals surface area contributed by atoms with Crippen molar-refractivity contribution in [2.75, 3.05) is 5.32 Å². The molecule has 5 nitrogen and oxygen atoms in total. The lowest BCUT2D eigenvalue weighted by molar-refractivity contribution is 0.0995. The molecule has 0 fully saturated rings. The molecule has 2 aromatic rings. The van der Waals surface area contributed by atoms with Crippen LogP contribution < -0.4 is 11.1 Å². The van der Waals surface area contributed by atoms with Crippen LogP contribution in [0.2, 0.25) is 0 Å². The van der Waals surface area contributed by atoms with Gasteiger partial charge in [0, 0.05) is 15.0 Å². The van der Waals surface area contributed by atoms with Crippen molar-refractivity contribution in [3.8, 4) is 0 Å². The Labute approximate surface area is 118 Å². The van der Waals surface area contributed by atoms with Gasteiger partial charge in [-0.2, -0.15) is 0 Å². The quantitative estimate of drug-likeness (QED) is 0.826. The summed E-state index contributed by atoms with van der Waals surface area (Å²) in [5.74, 6) is -0.578. The van der Waals surface area contributed by atoms with Crippen LogP contribution >= 0.6 is 22.6 Å². The topological polar surface area (TPSA) is 80.9 Å². The largest absolute Gasteiger partial charge is 0.380 e. The average molecular weight is 356 g/mol. The molecule has 0 saturated carbocycles. The van der Waals surface area contributed by atoms with Gasteiger partial charge in [0.25, 0.3) is 5.91 Å². The van der Waals surface area contributed by atoms with Crippen molar-refractivity contribution in [3.63, 3.8) is 0 Å². The minimum atomic E-state index is -0.578. The summed E-state index contributed by atoms with van der Waals surface area (Å²) in [6, 6.07) is 5.97. The summed E-state index contributed by atoms with van der Waals surface area (Å²) in [6.07, 6.45) is 0. The molecule has 18 heavy (non-hydrogen) atoms. The molecule has 0 bridgehead atoms. The van der Waals surface area contributed by atoms with Gasteiger partial charge in [-0.15, -0.1) is 10.2 Å². The zero-order valence-electron chi connectivity index (χ0n) is 10.1. The fourth-order valence-corrected chi connectivity index (χ4v) is 2.16. The number of amides is 1. The van der Waals surface area contributed by atoms with Crippen molar-refractivity contribution in [1.29, 1.82) is 0 Å². The van der Waals surface area contributed by atoms with Gasteiger partial charge >= 0.3 is 0 Å². The van der Waals surface area contributed by atoms with Crippen molar-refractivity contribution in [2.45, 2.75) is 19.9 Å². The van der Waals surface area contributed by atoms with E-state index in [1.807, 2.05) is 32.0 Å². The van der Waals surface area contributed by atoms with E-state index in [9.17, 15) is 4.79 Å². The van der Waals surface area contributed by atoms with Crippen molar-refractivity contribution in [3.05, 3.63) is 27.5 Å². The Morgan fingerprint density at radius 3 is 2.72 bits per heavy atom. The van der Waals surface area contributed by atoms with Crippen LogP contribution in [0, 0.1) is 3.57 Å². The molecule has 0 aliphatic heterocycles. The first-order valence-corrected chi connectivity index (χ1v) is 6.59. The van der Waals surface area contributed by atoms with Crippen molar-refractivity contribution >= 4 is 45.1 Å². The minimum absolute atomic E-state index is 0.176. The number of halogens is 1. The number of nitrogens with two attached hydrogens (primary N) is 1. The smallest absolute Gasteiger partial charge is 0.271 e. The fraction of sp³-hybridized carbons (Fsp3) is 0.250. The maximum atomic E-state index is 11.4. The van der Waals surface area contributed by atoms with Crippen molar-refractivity contribution in [2.24, 2.45) is 5.73 Å². The van der Waals surface area contributed by atoms with Crippen molar-refractivity contribution < 1.29 is 4.79 Å². The SMILES string of the molecule is CC(C)Nc1c(C(N)=O)nnc2cc(I)ccc12. The lowest BCUT2D eigenvalue weighted by Gasteiger charge is -2.14. The first kappa shape index (κ1) is 13.0.